The third-order valence-electron chi connectivity index (χ3n) is 5.46. The van der Waals surface area contributed by atoms with Gasteiger partial charge in [-0.2, -0.15) is 13.2 Å². The average Bonchev–Trinajstić information content (AvgIpc) is 3.27. The number of amides is 1. The van der Waals surface area contributed by atoms with Crippen molar-refractivity contribution in [1.29, 1.82) is 0 Å². The normalized spacial score (nSPS) is 17.9. The van der Waals surface area contributed by atoms with E-state index < -0.39 is 11.7 Å². The summed E-state index contributed by atoms with van der Waals surface area (Å²) in [5.41, 5.74) is 0.879. The van der Waals surface area contributed by atoms with Gasteiger partial charge in [-0.15, -0.1) is 0 Å². The quantitative estimate of drug-likeness (QED) is 0.819. The van der Waals surface area contributed by atoms with E-state index in [4.69, 9.17) is 0 Å². The number of hydrogen-bond acceptors (Lipinski definition) is 2. The first-order valence-electron chi connectivity index (χ1n) is 9.07. The van der Waals surface area contributed by atoms with Gasteiger partial charge in [0.1, 0.15) is 0 Å². The van der Waals surface area contributed by atoms with E-state index in [9.17, 15) is 18.0 Å². The standard InChI is InChI=1S/C21H21F3N2O/c1-20(7-8-20)13-25-11-14-9-16-17(18(10-14)21(22,23)24)12-26(19(16)27)15-5-3-2-4-6-15/h2-6,9-10,25H,7-8,11-13H2,1H3. The van der Waals surface area contributed by atoms with E-state index in [2.05, 4.69) is 12.2 Å². The molecule has 0 atom stereocenters. The van der Waals surface area contributed by atoms with Gasteiger partial charge in [0.15, 0.2) is 0 Å². The first-order chi connectivity index (χ1) is 12.8. The number of benzene rings is 2. The zero-order chi connectivity index (χ0) is 19.2. The lowest BCUT2D eigenvalue weighted by molar-refractivity contribution is -0.138. The van der Waals surface area contributed by atoms with Crippen LogP contribution in [0.2, 0.25) is 0 Å². The van der Waals surface area contributed by atoms with Crippen LogP contribution in [-0.2, 0) is 19.3 Å². The van der Waals surface area contributed by atoms with Crippen molar-refractivity contribution < 1.29 is 18.0 Å². The van der Waals surface area contributed by atoms with Crippen molar-refractivity contribution in [1.82, 2.24) is 5.32 Å². The number of carbonyl (C=O) groups excluding carboxylic acids is 1. The summed E-state index contributed by atoms with van der Waals surface area (Å²) in [5, 5.41) is 3.24. The number of nitrogens with one attached hydrogen (secondary N) is 1. The van der Waals surface area contributed by atoms with Gasteiger partial charge in [0.25, 0.3) is 5.91 Å². The summed E-state index contributed by atoms with van der Waals surface area (Å²) < 4.78 is 41.0. The lowest BCUT2D eigenvalue weighted by Crippen LogP contribution is -2.23. The minimum absolute atomic E-state index is 0.0567. The second kappa shape index (κ2) is 6.37. The van der Waals surface area contributed by atoms with E-state index in [-0.39, 0.29) is 29.0 Å². The zero-order valence-corrected chi connectivity index (χ0v) is 15.1. The molecule has 0 aromatic heterocycles. The van der Waals surface area contributed by atoms with Crippen LogP contribution >= 0.6 is 0 Å². The molecule has 2 aromatic rings. The van der Waals surface area contributed by atoms with Gasteiger partial charge in [0.05, 0.1) is 12.1 Å². The van der Waals surface area contributed by atoms with Gasteiger partial charge in [0, 0.05) is 24.3 Å². The molecule has 1 heterocycles. The molecule has 2 aliphatic rings. The van der Waals surface area contributed by atoms with Crippen molar-refractivity contribution in [3.8, 4) is 0 Å². The number of carbonyl (C=O) groups is 1. The number of para-hydroxylation sites is 1. The minimum atomic E-state index is -4.49. The summed E-state index contributed by atoms with van der Waals surface area (Å²) in [6.45, 7) is 3.20. The Morgan fingerprint density at radius 2 is 1.85 bits per heavy atom. The van der Waals surface area contributed by atoms with Crippen molar-refractivity contribution in [2.24, 2.45) is 5.41 Å². The number of hydrogen-bond donors (Lipinski definition) is 1. The maximum Gasteiger partial charge on any atom is 0.416 e. The minimum Gasteiger partial charge on any atom is -0.312 e. The molecule has 27 heavy (non-hydrogen) atoms. The molecule has 3 nitrogen and oxygen atoms in total. The molecule has 1 saturated carbocycles. The van der Waals surface area contributed by atoms with Gasteiger partial charge >= 0.3 is 6.18 Å². The SMILES string of the molecule is CC1(CNCc2cc3c(c(C(F)(F)F)c2)CN(c2ccccc2)C3=O)CC1. The molecule has 0 spiro atoms. The predicted octanol–water partition coefficient (Wildman–Crippen LogP) is 4.76. The van der Waals surface area contributed by atoms with Crippen LogP contribution in [0.4, 0.5) is 18.9 Å². The fourth-order valence-corrected chi connectivity index (χ4v) is 3.54. The summed E-state index contributed by atoms with van der Waals surface area (Å²) >= 11 is 0. The molecule has 0 saturated heterocycles. The van der Waals surface area contributed by atoms with Gasteiger partial charge in [-0.1, -0.05) is 25.1 Å². The van der Waals surface area contributed by atoms with Crippen LogP contribution in [0, 0.1) is 5.41 Å². The van der Waals surface area contributed by atoms with Gasteiger partial charge < -0.3 is 10.2 Å². The predicted molar refractivity (Wildman–Crippen MR) is 97.4 cm³/mol. The lowest BCUT2D eigenvalue weighted by Gasteiger charge is -2.16. The Labute approximate surface area is 156 Å². The van der Waals surface area contributed by atoms with Crippen LogP contribution in [-0.4, -0.2) is 12.5 Å². The highest BCUT2D eigenvalue weighted by Crippen LogP contribution is 2.44. The Kier molecular flexibility index (Phi) is 4.26. The number of alkyl halides is 3. The smallest absolute Gasteiger partial charge is 0.312 e. The van der Waals surface area contributed by atoms with Crippen LogP contribution < -0.4 is 10.2 Å². The van der Waals surface area contributed by atoms with Crippen molar-refractivity contribution >= 4 is 11.6 Å². The van der Waals surface area contributed by atoms with Crippen LogP contribution in [0.3, 0.4) is 0 Å². The van der Waals surface area contributed by atoms with Crippen LogP contribution in [0.1, 0.15) is 46.8 Å². The second-order valence-electron chi connectivity index (χ2n) is 7.81. The second-order valence-corrected chi connectivity index (χ2v) is 7.81. The molecule has 2 aromatic carbocycles. The summed E-state index contributed by atoms with van der Waals surface area (Å²) in [5.74, 6) is -0.377. The molecule has 1 N–H and O–H groups in total. The maximum absolute atomic E-state index is 13.7. The fourth-order valence-electron chi connectivity index (χ4n) is 3.54. The Balaban J connectivity index is 1.65. The van der Waals surface area contributed by atoms with Crippen molar-refractivity contribution in [3.63, 3.8) is 0 Å². The average molecular weight is 374 g/mol. The highest BCUT2D eigenvalue weighted by Gasteiger charge is 2.40. The van der Waals surface area contributed by atoms with Gasteiger partial charge in [-0.05, 0) is 53.6 Å². The monoisotopic (exact) mass is 374 g/mol. The number of fused-ring (bicyclic) bond motifs is 1. The topological polar surface area (TPSA) is 32.3 Å². The van der Waals surface area contributed by atoms with E-state index in [1.165, 1.54) is 11.0 Å². The van der Waals surface area contributed by atoms with E-state index in [0.29, 0.717) is 17.8 Å². The first-order valence-corrected chi connectivity index (χ1v) is 9.07. The molecule has 1 aliphatic heterocycles. The Hall–Kier alpha value is -2.34. The number of halogens is 3. The molecule has 0 bridgehead atoms. The molecule has 6 heteroatoms. The van der Waals surface area contributed by atoms with E-state index in [1.807, 2.05) is 6.07 Å². The summed E-state index contributed by atoms with van der Waals surface area (Å²) in [4.78, 5) is 14.2. The molecular weight excluding hydrogens is 353 g/mol. The first kappa shape index (κ1) is 18.0. The van der Waals surface area contributed by atoms with Gasteiger partial charge in [-0.25, -0.2) is 0 Å². The summed E-state index contributed by atoms with van der Waals surface area (Å²) in [6.07, 6.45) is -2.21. The van der Waals surface area contributed by atoms with E-state index in [0.717, 1.165) is 19.4 Å². The van der Waals surface area contributed by atoms with E-state index in [1.54, 1.807) is 30.3 Å². The van der Waals surface area contributed by atoms with E-state index >= 15 is 0 Å². The van der Waals surface area contributed by atoms with Crippen LogP contribution in [0.25, 0.3) is 0 Å². The Morgan fingerprint density at radius 3 is 2.48 bits per heavy atom. The van der Waals surface area contributed by atoms with Crippen LogP contribution in [0.5, 0.6) is 0 Å². The molecule has 1 aliphatic carbocycles. The third kappa shape index (κ3) is 3.58. The zero-order valence-electron chi connectivity index (χ0n) is 15.1. The maximum atomic E-state index is 13.7. The van der Waals surface area contributed by atoms with Gasteiger partial charge in [-0.3, -0.25) is 4.79 Å². The number of nitrogens with zero attached hydrogens (tertiary/aromatic N) is 1. The van der Waals surface area contributed by atoms with Crippen molar-refractivity contribution in [2.75, 3.05) is 11.4 Å². The lowest BCUT2D eigenvalue weighted by atomic mass is 9.98. The largest absolute Gasteiger partial charge is 0.416 e. The van der Waals surface area contributed by atoms with Crippen molar-refractivity contribution in [2.45, 2.75) is 39.0 Å². The number of rotatable bonds is 5. The molecule has 1 amide bonds. The highest BCUT2D eigenvalue weighted by molar-refractivity contribution is 6.10. The number of anilines is 1. The molecule has 0 unspecified atom stereocenters. The molecule has 1 fully saturated rings. The summed E-state index contributed by atoms with van der Waals surface area (Å²) in [7, 11) is 0. The summed E-state index contributed by atoms with van der Waals surface area (Å²) in [6, 6.07) is 11.6. The van der Waals surface area contributed by atoms with Crippen molar-refractivity contribution in [3.05, 3.63) is 64.7 Å². The molecular formula is C21H21F3N2O. The molecule has 0 radical (unpaired) electrons. The molecule has 4 rings (SSSR count). The molecule has 142 valence electrons. The van der Waals surface area contributed by atoms with Gasteiger partial charge in [0.2, 0.25) is 0 Å². The Bertz CT molecular complexity index is 873. The third-order valence-corrected chi connectivity index (χ3v) is 5.46. The fraction of sp³-hybridized carbons (Fsp3) is 0.381. The van der Waals surface area contributed by atoms with Crippen LogP contribution in [0.15, 0.2) is 42.5 Å². The Morgan fingerprint density at radius 1 is 1.15 bits per heavy atom. The highest BCUT2D eigenvalue weighted by atomic mass is 19.4.